The molecule has 36 heavy (non-hydrogen) atoms. The van der Waals surface area contributed by atoms with Crippen molar-refractivity contribution >= 4 is 40.6 Å². The third kappa shape index (κ3) is 6.10. The number of carbonyl (C=O) groups is 2. The number of hydrogen-bond acceptors (Lipinski definition) is 6. The van der Waals surface area contributed by atoms with Crippen molar-refractivity contribution in [2.24, 2.45) is 4.99 Å². The maximum Gasteiger partial charge on any atom is 0.341 e. The summed E-state index contributed by atoms with van der Waals surface area (Å²) in [6, 6.07) is 13.5. The molecule has 8 heteroatoms. The molecule has 1 aliphatic heterocycles. The predicted octanol–water partition coefficient (Wildman–Crippen LogP) is 6.05. The van der Waals surface area contributed by atoms with Crippen LogP contribution in [0.5, 0.6) is 11.5 Å². The van der Waals surface area contributed by atoms with Gasteiger partial charge in [-0.05, 0) is 73.4 Å². The average Bonchev–Trinajstić information content (AvgIpc) is 3.18. The first kappa shape index (κ1) is 25.8. The molecular weight excluding hydrogens is 476 g/mol. The largest absolute Gasteiger partial charge is 0.490 e. The van der Waals surface area contributed by atoms with Gasteiger partial charge in [0.25, 0.3) is 5.91 Å². The maximum atomic E-state index is 13.7. The lowest BCUT2D eigenvalue weighted by molar-refractivity contribution is -0.139. The first-order valence-electron chi connectivity index (χ1n) is 12.5. The number of benzene rings is 2. The minimum atomic E-state index is -1.06. The van der Waals surface area contributed by atoms with Crippen LogP contribution in [0, 0.1) is 0 Å². The number of thioether (sulfide) groups is 1. The van der Waals surface area contributed by atoms with Gasteiger partial charge in [-0.15, -0.1) is 0 Å². The molecule has 2 aromatic carbocycles. The van der Waals surface area contributed by atoms with E-state index in [4.69, 9.17) is 19.6 Å². The van der Waals surface area contributed by atoms with Gasteiger partial charge in [-0.25, -0.2) is 9.79 Å². The lowest BCUT2D eigenvalue weighted by atomic mass is 9.94. The van der Waals surface area contributed by atoms with Crippen LogP contribution < -0.4 is 9.47 Å². The van der Waals surface area contributed by atoms with E-state index in [2.05, 4.69) is 13.0 Å². The first-order valence-corrected chi connectivity index (χ1v) is 13.3. The van der Waals surface area contributed by atoms with E-state index in [1.54, 1.807) is 18.2 Å². The molecule has 7 nitrogen and oxygen atoms in total. The highest BCUT2D eigenvalue weighted by atomic mass is 32.2. The van der Waals surface area contributed by atoms with Crippen molar-refractivity contribution < 1.29 is 24.2 Å². The maximum absolute atomic E-state index is 13.7. The number of ether oxygens (including phenoxy) is 2. The number of carbonyl (C=O) groups excluding carboxylic acids is 1. The lowest BCUT2D eigenvalue weighted by Crippen LogP contribution is -2.40. The topological polar surface area (TPSA) is 88.4 Å². The number of para-hydroxylation sites is 1. The highest BCUT2D eigenvalue weighted by molar-refractivity contribution is 8.18. The molecule has 0 radical (unpaired) electrons. The molecule has 1 aliphatic carbocycles. The van der Waals surface area contributed by atoms with Crippen molar-refractivity contribution in [1.29, 1.82) is 0 Å². The van der Waals surface area contributed by atoms with Gasteiger partial charge in [0.2, 0.25) is 0 Å². The molecule has 0 unspecified atom stereocenters. The van der Waals surface area contributed by atoms with Crippen molar-refractivity contribution in [3.63, 3.8) is 0 Å². The number of aliphatic carboxylic acids is 1. The van der Waals surface area contributed by atoms with Gasteiger partial charge in [-0.3, -0.25) is 9.69 Å². The normalized spacial score (nSPS) is 18.7. The summed E-state index contributed by atoms with van der Waals surface area (Å²) in [5.74, 6) is -0.285. The van der Waals surface area contributed by atoms with Crippen LogP contribution in [-0.4, -0.2) is 46.3 Å². The average molecular weight is 509 g/mol. The minimum absolute atomic E-state index is 0.0243. The van der Waals surface area contributed by atoms with Crippen LogP contribution in [0.3, 0.4) is 0 Å². The molecule has 1 saturated carbocycles. The Morgan fingerprint density at radius 3 is 2.61 bits per heavy atom. The summed E-state index contributed by atoms with van der Waals surface area (Å²) in [6.07, 6.45) is 8.13. The Morgan fingerprint density at radius 2 is 1.89 bits per heavy atom. The summed E-state index contributed by atoms with van der Waals surface area (Å²) in [6.45, 7) is 3.90. The van der Waals surface area contributed by atoms with E-state index in [1.165, 1.54) is 18.2 Å². The van der Waals surface area contributed by atoms with Crippen molar-refractivity contribution in [1.82, 2.24) is 4.90 Å². The fourth-order valence-corrected chi connectivity index (χ4v) is 5.59. The SMILES string of the molecule is CCOc1cc(/C=C2/SC(=Nc3ccccc3CC)N(C3CCCCC3)C2=O)ccc1OCC(=O)O. The smallest absolute Gasteiger partial charge is 0.341 e. The van der Waals surface area contributed by atoms with Crippen molar-refractivity contribution in [2.45, 2.75) is 58.4 Å². The van der Waals surface area contributed by atoms with Crippen molar-refractivity contribution in [3.05, 3.63) is 58.5 Å². The zero-order chi connectivity index (χ0) is 25.5. The van der Waals surface area contributed by atoms with Crippen molar-refractivity contribution in [3.8, 4) is 11.5 Å². The third-order valence-electron chi connectivity index (χ3n) is 6.28. The fourth-order valence-electron chi connectivity index (χ4n) is 4.54. The summed E-state index contributed by atoms with van der Waals surface area (Å²) in [5.41, 5.74) is 2.82. The van der Waals surface area contributed by atoms with Gasteiger partial charge in [0.05, 0.1) is 17.2 Å². The van der Waals surface area contributed by atoms with Crippen LogP contribution in [0.4, 0.5) is 5.69 Å². The van der Waals surface area contributed by atoms with E-state index in [-0.39, 0.29) is 11.9 Å². The van der Waals surface area contributed by atoms with Crippen LogP contribution >= 0.6 is 11.8 Å². The summed E-state index contributed by atoms with van der Waals surface area (Å²) >= 11 is 1.40. The molecule has 1 amide bonds. The second-order valence-electron chi connectivity index (χ2n) is 8.78. The first-order chi connectivity index (χ1) is 17.5. The summed E-state index contributed by atoms with van der Waals surface area (Å²) in [7, 11) is 0. The Kier molecular flexibility index (Phi) is 8.70. The van der Waals surface area contributed by atoms with Crippen LogP contribution in [0.15, 0.2) is 52.4 Å². The molecule has 2 aromatic rings. The quantitative estimate of drug-likeness (QED) is 0.415. The van der Waals surface area contributed by atoms with Gasteiger partial charge in [-0.2, -0.15) is 0 Å². The Labute approximate surface area is 216 Å². The number of nitrogens with zero attached hydrogens (tertiary/aromatic N) is 2. The summed E-state index contributed by atoms with van der Waals surface area (Å²) < 4.78 is 11.0. The molecule has 0 aromatic heterocycles. The van der Waals surface area contributed by atoms with Crippen LogP contribution in [0.1, 0.15) is 57.1 Å². The van der Waals surface area contributed by atoms with E-state index in [1.807, 2.05) is 36.1 Å². The Morgan fingerprint density at radius 1 is 1.11 bits per heavy atom. The molecule has 0 atom stereocenters. The third-order valence-corrected chi connectivity index (χ3v) is 7.26. The molecule has 190 valence electrons. The molecule has 0 bridgehead atoms. The number of hydrogen-bond donors (Lipinski definition) is 1. The number of aryl methyl sites for hydroxylation is 1. The van der Waals surface area contributed by atoms with E-state index >= 15 is 0 Å². The van der Waals surface area contributed by atoms with Gasteiger partial charge >= 0.3 is 5.97 Å². The number of aliphatic imine (C=N–C) groups is 1. The number of amidine groups is 1. The Hall–Kier alpha value is -3.26. The summed E-state index contributed by atoms with van der Waals surface area (Å²) in [4.78, 5) is 32.0. The van der Waals surface area contributed by atoms with E-state index in [9.17, 15) is 9.59 Å². The number of amides is 1. The van der Waals surface area contributed by atoms with Crippen LogP contribution in [-0.2, 0) is 16.0 Å². The summed E-state index contributed by atoms with van der Waals surface area (Å²) in [5, 5.41) is 9.66. The zero-order valence-electron chi connectivity index (χ0n) is 20.7. The molecule has 2 fully saturated rings. The van der Waals surface area contributed by atoms with Gasteiger partial charge in [0.15, 0.2) is 23.3 Å². The molecule has 1 saturated heterocycles. The number of carboxylic acid groups (broad SMARTS) is 1. The zero-order valence-corrected chi connectivity index (χ0v) is 21.6. The second-order valence-corrected chi connectivity index (χ2v) is 9.78. The Bertz CT molecular complexity index is 1170. The monoisotopic (exact) mass is 508 g/mol. The highest BCUT2D eigenvalue weighted by Crippen LogP contribution is 2.39. The molecule has 2 aliphatic rings. The van der Waals surface area contributed by atoms with Gasteiger partial charge in [-0.1, -0.05) is 50.5 Å². The number of rotatable bonds is 9. The second kappa shape index (κ2) is 12.1. The van der Waals surface area contributed by atoms with E-state index in [0.717, 1.165) is 54.1 Å². The molecular formula is C28H32N2O5S. The number of carboxylic acids is 1. The Balaban J connectivity index is 1.68. The van der Waals surface area contributed by atoms with E-state index in [0.29, 0.717) is 23.0 Å². The van der Waals surface area contributed by atoms with Gasteiger partial charge < -0.3 is 14.6 Å². The van der Waals surface area contributed by atoms with Crippen LogP contribution in [0.25, 0.3) is 6.08 Å². The van der Waals surface area contributed by atoms with Crippen molar-refractivity contribution in [2.75, 3.05) is 13.2 Å². The molecule has 1 N–H and O–H groups in total. The molecule has 0 spiro atoms. The van der Waals surface area contributed by atoms with Gasteiger partial charge in [0, 0.05) is 6.04 Å². The fraction of sp³-hybridized carbons (Fsp3) is 0.393. The van der Waals surface area contributed by atoms with Crippen LogP contribution in [0.2, 0.25) is 0 Å². The van der Waals surface area contributed by atoms with Gasteiger partial charge in [0.1, 0.15) is 0 Å². The highest BCUT2D eigenvalue weighted by Gasteiger charge is 2.38. The minimum Gasteiger partial charge on any atom is -0.490 e. The lowest BCUT2D eigenvalue weighted by Gasteiger charge is -2.30. The predicted molar refractivity (Wildman–Crippen MR) is 143 cm³/mol. The molecule has 1 heterocycles. The molecule has 4 rings (SSSR count). The standard InChI is InChI=1S/C28H32N2O5S/c1-3-20-10-8-9-13-22(20)29-28-30(21-11-6-5-7-12-21)27(33)25(36-28)17-19-14-15-23(35-18-26(31)32)24(16-19)34-4-2/h8-10,13-17,21H,3-7,11-12,18H2,1-2H3,(H,31,32)/b25-17+,29-28?. The van der Waals surface area contributed by atoms with E-state index < -0.39 is 12.6 Å².